The zero-order valence-electron chi connectivity index (χ0n) is 12.1. The highest BCUT2D eigenvalue weighted by Crippen LogP contribution is 2.06. The van der Waals surface area contributed by atoms with Gasteiger partial charge in [-0.3, -0.25) is 4.79 Å². The van der Waals surface area contributed by atoms with Crippen molar-refractivity contribution in [2.45, 2.75) is 45.6 Å². The van der Waals surface area contributed by atoms with E-state index in [9.17, 15) is 4.79 Å². The van der Waals surface area contributed by atoms with Crippen LogP contribution in [0.5, 0.6) is 0 Å². The summed E-state index contributed by atoms with van der Waals surface area (Å²) >= 11 is 0. The van der Waals surface area contributed by atoms with Crippen molar-refractivity contribution in [1.29, 1.82) is 0 Å². The summed E-state index contributed by atoms with van der Waals surface area (Å²) in [7, 11) is 0. The standard InChI is InChI=1S/C16H26N2O/c1-3-18(16(19)11-7-8-14(2)17)13-12-15-9-5-4-6-10-15/h4-6,9-10,14H,3,7-8,11-13,17H2,1-2H3. The lowest BCUT2D eigenvalue weighted by Crippen LogP contribution is -2.32. The second-order valence-corrected chi connectivity index (χ2v) is 5.08. The van der Waals surface area contributed by atoms with Crippen molar-refractivity contribution in [3.05, 3.63) is 35.9 Å². The SMILES string of the molecule is CCN(CCc1ccccc1)C(=O)CCCC(C)N. The summed E-state index contributed by atoms with van der Waals surface area (Å²) in [5.41, 5.74) is 6.98. The van der Waals surface area contributed by atoms with E-state index in [1.54, 1.807) is 0 Å². The first kappa shape index (κ1) is 15.7. The van der Waals surface area contributed by atoms with Gasteiger partial charge in [-0.05, 0) is 38.7 Å². The molecular formula is C16H26N2O. The first-order chi connectivity index (χ1) is 9.13. The summed E-state index contributed by atoms with van der Waals surface area (Å²) in [5.74, 6) is 0.249. The topological polar surface area (TPSA) is 46.3 Å². The first-order valence-corrected chi connectivity index (χ1v) is 7.20. The fraction of sp³-hybridized carbons (Fsp3) is 0.562. The van der Waals surface area contributed by atoms with E-state index in [4.69, 9.17) is 5.73 Å². The van der Waals surface area contributed by atoms with Crippen molar-refractivity contribution in [1.82, 2.24) is 4.90 Å². The maximum Gasteiger partial charge on any atom is 0.222 e. The van der Waals surface area contributed by atoms with Crippen LogP contribution in [0.2, 0.25) is 0 Å². The molecule has 1 atom stereocenters. The van der Waals surface area contributed by atoms with Gasteiger partial charge in [-0.25, -0.2) is 0 Å². The minimum Gasteiger partial charge on any atom is -0.343 e. The third kappa shape index (κ3) is 6.39. The Labute approximate surface area is 116 Å². The molecule has 0 fully saturated rings. The van der Waals surface area contributed by atoms with Gasteiger partial charge in [-0.15, -0.1) is 0 Å². The molecule has 1 rings (SSSR count). The lowest BCUT2D eigenvalue weighted by atomic mass is 10.1. The number of carbonyl (C=O) groups is 1. The van der Waals surface area contributed by atoms with Gasteiger partial charge in [0.25, 0.3) is 0 Å². The molecule has 0 bridgehead atoms. The van der Waals surface area contributed by atoms with Crippen molar-refractivity contribution >= 4 is 5.91 Å². The van der Waals surface area contributed by atoms with Crippen LogP contribution in [0.1, 0.15) is 38.7 Å². The van der Waals surface area contributed by atoms with E-state index in [1.807, 2.05) is 36.9 Å². The zero-order chi connectivity index (χ0) is 14.1. The van der Waals surface area contributed by atoms with Crippen LogP contribution in [0.4, 0.5) is 0 Å². The molecule has 0 spiro atoms. The van der Waals surface area contributed by atoms with Crippen LogP contribution in [-0.4, -0.2) is 29.9 Å². The maximum atomic E-state index is 12.1. The maximum absolute atomic E-state index is 12.1. The monoisotopic (exact) mass is 262 g/mol. The van der Waals surface area contributed by atoms with Gasteiger partial charge >= 0.3 is 0 Å². The highest BCUT2D eigenvalue weighted by atomic mass is 16.2. The molecule has 0 radical (unpaired) electrons. The summed E-state index contributed by atoms with van der Waals surface area (Å²) in [6.45, 7) is 5.60. The van der Waals surface area contributed by atoms with Crippen molar-refractivity contribution in [3.63, 3.8) is 0 Å². The van der Waals surface area contributed by atoms with Gasteiger partial charge < -0.3 is 10.6 Å². The molecule has 3 nitrogen and oxygen atoms in total. The normalized spacial score (nSPS) is 12.2. The number of hydrogen-bond donors (Lipinski definition) is 1. The summed E-state index contributed by atoms with van der Waals surface area (Å²) in [5, 5.41) is 0. The van der Waals surface area contributed by atoms with Crippen LogP contribution >= 0.6 is 0 Å². The molecule has 0 aromatic heterocycles. The number of nitrogens with zero attached hydrogens (tertiary/aromatic N) is 1. The highest BCUT2D eigenvalue weighted by Gasteiger charge is 2.11. The average Bonchev–Trinajstić information content (AvgIpc) is 2.40. The smallest absolute Gasteiger partial charge is 0.222 e. The largest absolute Gasteiger partial charge is 0.343 e. The van der Waals surface area contributed by atoms with Crippen molar-refractivity contribution < 1.29 is 4.79 Å². The molecule has 1 aromatic rings. The Kier molecular flexibility index (Phi) is 7.19. The van der Waals surface area contributed by atoms with Crippen molar-refractivity contribution in [2.75, 3.05) is 13.1 Å². The van der Waals surface area contributed by atoms with Crippen LogP contribution in [-0.2, 0) is 11.2 Å². The molecule has 0 aliphatic carbocycles. The van der Waals surface area contributed by atoms with Crippen molar-refractivity contribution in [3.8, 4) is 0 Å². The third-order valence-corrected chi connectivity index (χ3v) is 3.30. The quantitative estimate of drug-likeness (QED) is 0.782. The summed E-state index contributed by atoms with van der Waals surface area (Å²) in [6.07, 6.45) is 3.35. The second kappa shape index (κ2) is 8.70. The predicted octanol–water partition coefficient (Wildman–Crippen LogP) is 2.60. The number of amides is 1. The predicted molar refractivity (Wildman–Crippen MR) is 79.9 cm³/mol. The summed E-state index contributed by atoms with van der Waals surface area (Å²) < 4.78 is 0. The van der Waals surface area contributed by atoms with E-state index in [1.165, 1.54) is 5.56 Å². The van der Waals surface area contributed by atoms with Gasteiger partial charge in [0.1, 0.15) is 0 Å². The molecule has 2 N–H and O–H groups in total. The van der Waals surface area contributed by atoms with Gasteiger partial charge in [0.05, 0.1) is 0 Å². The van der Waals surface area contributed by atoms with Gasteiger partial charge in [0.2, 0.25) is 5.91 Å². The third-order valence-electron chi connectivity index (χ3n) is 3.30. The fourth-order valence-corrected chi connectivity index (χ4v) is 2.10. The number of benzene rings is 1. The van der Waals surface area contributed by atoms with E-state index in [-0.39, 0.29) is 11.9 Å². The molecule has 0 heterocycles. The number of nitrogens with two attached hydrogens (primary N) is 1. The Hall–Kier alpha value is -1.35. The lowest BCUT2D eigenvalue weighted by Gasteiger charge is -2.21. The van der Waals surface area contributed by atoms with Crippen LogP contribution in [0.15, 0.2) is 30.3 Å². The molecule has 0 aliphatic heterocycles. The highest BCUT2D eigenvalue weighted by molar-refractivity contribution is 5.76. The Bertz CT molecular complexity index is 362. The minimum absolute atomic E-state index is 0.187. The average molecular weight is 262 g/mol. The second-order valence-electron chi connectivity index (χ2n) is 5.08. The molecule has 1 unspecified atom stereocenters. The Balaban J connectivity index is 2.34. The molecule has 0 aliphatic rings. The van der Waals surface area contributed by atoms with E-state index in [0.29, 0.717) is 6.42 Å². The summed E-state index contributed by atoms with van der Waals surface area (Å²) in [6, 6.07) is 10.5. The van der Waals surface area contributed by atoms with Gasteiger partial charge in [0.15, 0.2) is 0 Å². The van der Waals surface area contributed by atoms with Gasteiger partial charge in [0, 0.05) is 25.6 Å². The Morgan fingerprint density at radius 3 is 2.58 bits per heavy atom. The Morgan fingerprint density at radius 2 is 2.00 bits per heavy atom. The van der Waals surface area contributed by atoms with Crippen LogP contribution in [0.25, 0.3) is 0 Å². The number of likely N-dealkylation sites (N-methyl/N-ethyl adjacent to an activating group) is 1. The minimum atomic E-state index is 0.187. The Morgan fingerprint density at radius 1 is 1.32 bits per heavy atom. The number of rotatable bonds is 8. The fourth-order valence-electron chi connectivity index (χ4n) is 2.10. The number of hydrogen-bond acceptors (Lipinski definition) is 2. The van der Waals surface area contributed by atoms with E-state index in [2.05, 4.69) is 12.1 Å². The zero-order valence-corrected chi connectivity index (χ0v) is 12.1. The molecule has 19 heavy (non-hydrogen) atoms. The molecule has 106 valence electrons. The van der Waals surface area contributed by atoms with Crippen molar-refractivity contribution in [2.24, 2.45) is 5.73 Å². The molecule has 1 amide bonds. The van der Waals surface area contributed by atoms with E-state index < -0.39 is 0 Å². The van der Waals surface area contributed by atoms with Crippen LogP contribution in [0.3, 0.4) is 0 Å². The molecule has 3 heteroatoms. The van der Waals surface area contributed by atoms with Crippen LogP contribution < -0.4 is 5.73 Å². The molecule has 1 aromatic carbocycles. The van der Waals surface area contributed by atoms with E-state index >= 15 is 0 Å². The van der Waals surface area contributed by atoms with Gasteiger partial charge in [-0.1, -0.05) is 30.3 Å². The number of carbonyl (C=O) groups excluding carboxylic acids is 1. The molecule has 0 saturated heterocycles. The van der Waals surface area contributed by atoms with Gasteiger partial charge in [-0.2, -0.15) is 0 Å². The lowest BCUT2D eigenvalue weighted by molar-refractivity contribution is -0.131. The summed E-state index contributed by atoms with van der Waals surface area (Å²) in [4.78, 5) is 14.0. The molecular weight excluding hydrogens is 236 g/mol. The van der Waals surface area contributed by atoms with Crippen LogP contribution in [0, 0.1) is 0 Å². The first-order valence-electron chi connectivity index (χ1n) is 7.20. The van der Waals surface area contributed by atoms with E-state index in [0.717, 1.165) is 32.4 Å². The molecule has 0 saturated carbocycles.